The van der Waals surface area contributed by atoms with Crippen LogP contribution in [0.1, 0.15) is 19.3 Å². The lowest BCUT2D eigenvalue weighted by molar-refractivity contribution is -0.130. The highest BCUT2D eigenvalue weighted by Crippen LogP contribution is 2.27. The van der Waals surface area contributed by atoms with Gasteiger partial charge in [0.1, 0.15) is 5.65 Å². The number of carbonyl (C=O) groups is 1. The van der Waals surface area contributed by atoms with Crippen molar-refractivity contribution in [3.05, 3.63) is 48.9 Å². The third-order valence-electron chi connectivity index (χ3n) is 4.64. The Morgan fingerprint density at radius 2 is 1.88 bits per heavy atom. The van der Waals surface area contributed by atoms with Crippen LogP contribution < -0.4 is 0 Å². The Bertz CT molecular complexity index is 850. The molecule has 24 heavy (non-hydrogen) atoms. The summed E-state index contributed by atoms with van der Waals surface area (Å²) in [6, 6.07) is 10.1. The van der Waals surface area contributed by atoms with Crippen LogP contribution >= 0.6 is 0 Å². The second kappa shape index (κ2) is 6.43. The number of hydrogen-bond donors (Lipinski definition) is 0. The number of pyridine rings is 2. The molecule has 0 radical (unpaired) electrons. The molecule has 1 aliphatic heterocycles. The summed E-state index contributed by atoms with van der Waals surface area (Å²) in [5, 5.41) is 1.10. The van der Waals surface area contributed by atoms with Crippen LogP contribution in [-0.2, 0) is 11.3 Å². The minimum Gasteiger partial charge on any atom is -0.343 e. The predicted molar refractivity (Wildman–Crippen MR) is 93.4 cm³/mol. The molecule has 0 atom stereocenters. The van der Waals surface area contributed by atoms with Crippen molar-refractivity contribution in [2.75, 3.05) is 13.1 Å². The number of rotatable bonds is 4. The van der Waals surface area contributed by atoms with E-state index in [-0.39, 0.29) is 5.91 Å². The van der Waals surface area contributed by atoms with Crippen LogP contribution in [0.15, 0.2) is 48.9 Å². The van der Waals surface area contributed by atoms with Crippen molar-refractivity contribution in [1.82, 2.24) is 19.4 Å². The second-order valence-electron chi connectivity index (χ2n) is 6.17. The number of aryl methyl sites for hydroxylation is 1. The van der Waals surface area contributed by atoms with E-state index in [0.29, 0.717) is 13.0 Å². The van der Waals surface area contributed by atoms with Gasteiger partial charge in [0.2, 0.25) is 5.91 Å². The van der Waals surface area contributed by atoms with Gasteiger partial charge in [0, 0.05) is 55.6 Å². The van der Waals surface area contributed by atoms with Gasteiger partial charge in [-0.2, -0.15) is 0 Å². The number of aromatic nitrogens is 3. The molecule has 0 bridgehead atoms. The highest BCUT2D eigenvalue weighted by atomic mass is 16.2. The first-order valence-electron chi connectivity index (χ1n) is 8.45. The largest absolute Gasteiger partial charge is 0.343 e. The van der Waals surface area contributed by atoms with Crippen LogP contribution in [0.4, 0.5) is 0 Å². The molecule has 0 aromatic carbocycles. The highest BCUT2D eigenvalue weighted by molar-refractivity contribution is 5.84. The molecule has 122 valence electrons. The van der Waals surface area contributed by atoms with Gasteiger partial charge >= 0.3 is 0 Å². The van der Waals surface area contributed by atoms with E-state index in [9.17, 15) is 4.79 Å². The molecule has 1 aliphatic rings. The Morgan fingerprint density at radius 3 is 2.67 bits per heavy atom. The Balaban J connectivity index is 1.66. The average molecular weight is 320 g/mol. The molecular formula is C19H20N4O. The minimum atomic E-state index is 0.242. The molecular weight excluding hydrogens is 300 g/mol. The van der Waals surface area contributed by atoms with Crippen LogP contribution in [0.5, 0.6) is 0 Å². The monoisotopic (exact) mass is 320 g/mol. The third kappa shape index (κ3) is 2.77. The Labute approximate surface area is 140 Å². The van der Waals surface area contributed by atoms with Gasteiger partial charge in [-0.3, -0.25) is 9.78 Å². The average Bonchev–Trinajstić information content (AvgIpc) is 3.28. The maximum absolute atomic E-state index is 12.4. The van der Waals surface area contributed by atoms with Gasteiger partial charge in [0.15, 0.2) is 0 Å². The van der Waals surface area contributed by atoms with Gasteiger partial charge in [-0.1, -0.05) is 0 Å². The molecule has 4 heterocycles. The molecule has 1 fully saturated rings. The number of fused-ring (bicyclic) bond motifs is 1. The van der Waals surface area contributed by atoms with Gasteiger partial charge in [-0.15, -0.1) is 0 Å². The second-order valence-corrected chi connectivity index (χ2v) is 6.17. The van der Waals surface area contributed by atoms with Crippen molar-refractivity contribution in [2.45, 2.75) is 25.8 Å². The first kappa shape index (κ1) is 14.9. The molecule has 5 heteroatoms. The van der Waals surface area contributed by atoms with Crippen molar-refractivity contribution >= 4 is 16.9 Å². The van der Waals surface area contributed by atoms with Crippen LogP contribution in [0.3, 0.4) is 0 Å². The fraction of sp³-hybridized carbons (Fsp3) is 0.316. The summed E-state index contributed by atoms with van der Waals surface area (Å²) >= 11 is 0. The first-order chi connectivity index (χ1) is 11.8. The zero-order valence-corrected chi connectivity index (χ0v) is 13.6. The van der Waals surface area contributed by atoms with Crippen molar-refractivity contribution in [2.24, 2.45) is 0 Å². The predicted octanol–water partition coefficient (Wildman–Crippen LogP) is 3.11. The summed E-state index contributed by atoms with van der Waals surface area (Å²) < 4.78 is 2.15. The van der Waals surface area contributed by atoms with Crippen molar-refractivity contribution < 1.29 is 4.79 Å². The van der Waals surface area contributed by atoms with E-state index in [4.69, 9.17) is 0 Å². The fourth-order valence-electron chi connectivity index (χ4n) is 3.41. The molecule has 0 saturated carbocycles. The SMILES string of the molecule is O=C(CCn1c(-c2ccncc2)cc2cccnc21)N1CCCC1. The van der Waals surface area contributed by atoms with E-state index in [1.54, 1.807) is 18.6 Å². The third-order valence-corrected chi connectivity index (χ3v) is 4.64. The number of hydrogen-bond acceptors (Lipinski definition) is 3. The van der Waals surface area contributed by atoms with Gasteiger partial charge in [-0.05, 0) is 43.2 Å². The number of carbonyl (C=O) groups excluding carboxylic acids is 1. The molecule has 1 saturated heterocycles. The highest BCUT2D eigenvalue weighted by Gasteiger charge is 2.19. The summed E-state index contributed by atoms with van der Waals surface area (Å²) in [5.74, 6) is 0.242. The molecule has 4 rings (SSSR count). The quantitative estimate of drug-likeness (QED) is 0.742. The first-order valence-corrected chi connectivity index (χ1v) is 8.45. The van der Waals surface area contributed by atoms with E-state index in [1.807, 2.05) is 23.1 Å². The topological polar surface area (TPSA) is 51.0 Å². The van der Waals surface area contributed by atoms with Crippen molar-refractivity contribution in [3.8, 4) is 11.3 Å². The van der Waals surface area contributed by atoms with E-state index < -0.39 is 0 Å². The van der Waals surface area contributed by atoms with E-state index in [2.05, 4.69) is 26.7 Å². The number of likely N-dealkylation sites (tertiary alicyclic amines) is 1. The summed E-state index contributed by atoms with van der Waals surface area (Å²) in [6.45, 7) is 2.45. The Hall–Kier alpha value is -2.69. The molecule has 0 aliphatic carbocycles. The Kier molecular flexibility index (Phi) is 3.99. The minimum absolute atomic E-state index is 0.242. The van der Waals surface area contributed by atoms with E-state index in [0.717, 1.165) is 48.2 Å². The van der Waals surface area contributed by atoms with E-state index >= 15 is 0 Å². The summed E-state index contributed by atoms with van der Waals surface area (Å²) in [7, 11) is 0. The zero-order chi connectivity index (χ0) is 16.4. The van der Waals surface area contributed by atoms with Crippen molar-refractivity contribution in [3.63, 3.8) is 0 Å². The van der Waals surface area contributed by atoms with Crippen LogP contribution in [0, 0.1) is 0 Å². The van der Waals surface area contributed by atoms with Gasteiger partial charge in [0.25, 0.3) is 0 Å². The molecule has 0 unspecified atom stereocenters. The van der Waals surface area contributed by atoms with Gasteiger partial charge < -0.3 is 9.47 Å². The molecule has 0 N–H and O–H groups in total. The number of nitrogens with zero attached hydrogens (tertiary/aromatic N) is 4. The van der Waals surface area contributed by atoms with Crippen molar-refractivity contribution in [1.29, 1.82) is 0 Å². The molecule has 3 aromatic heterocycles. The Morgan fingerprint density at radius 1 is 1.08 bits per heavy atom. The fourth-order valence-corrected chi connectivity index (χ4v) is 3.41. The molecule has 3 aromatic rings. The van der Waals surface area contributed by atoms with E-state index in [1.165, 1.54) is 0 Å². The van der Waals surface area contributed by atoms with Crippen LogP contribution in [0.25, 0.3) is 22.3 Å². The normalized spacial score (nSPS) is 14.4. The van der Waals surface area contributed by atoms with Gasteiger partial charge in [-0.25, -0.2) is 4.98 Å². The summed E-state index contributed by atoms with van der Waals surface area (Å²) in [5.41, 5.74) is 3.11. The summed E-state index contributed by atoms with van der Waals surface area (Å²) in [4.78, 5) is 23.0. The molecule has 1 amide bonds. The lowest BCUT2D eigenvalue weighted by atomic mass is 10.2. The lowest BCUT2D eigenvalue weighted by Crippen LogP contribution is -2.28. The molecule has 5 nitrogen and oxygen atoms in total. The smallest absolute Gasteiger partial charge is 0.224 e. The van der Waals surface area contributed by atoms with Crippen LogP contribution in [0.2, 0.25) is 0 Å². The van der Waals surface area contributed by atoms with Crippen LogP contribution in [-0.4, -0.2) is 38.4 Å². The maximum Gasteiger partial charge on any atom is 0.224 e. The standard InChI is InChI=1S/C19H20N4O/c24-18(22-11-1-2-12-22)7-13-23-17(15-5-9-20-10-6-15)14-16-4-3-8-21-19(16)23/h3-6,8-10,14H,1-2,7,11-13H2. The molecule has 0 spiro atoms. The zero-order valence-electron chi connectivity index (χ0n) is 13.6. The summed E-state index contributed by atoms with van der Waals surface area (Å²) in [6.07, 6.45) is 8.15. The maximum atomic E-state index is 12.4. The van der Waals surface area contributed by atoms with Gasteiger partial charge in [0.05, 0.1) is 5.69 Å². The lowest BCUT2D eigenvalue weighted by Gasteiger charge is -2.16. The number of amides is 1.